The highest BCUT2D eigenvalue weighted by Gasteiger charge is 2.52. The van der Waals surface area contributed by atoms with Crippen LogP contribution in [0.2, 0.25) is 0 Å². The number of carbonyl (C=O) groups is 2. The first-order valence-electron chi connectivity index (χ1n) is 6.12. The molecule has 0 aliphatic heterocycles. The molecule has 3 atom stereocenters. The van der Waals surface area contributed by atoms with Crippen molar-refractivity contribution in [1.82, 2.24) is 0 Å². The first kappa shape index (κ1) is 10.0. The Morgan fingerprint density at radius 2 is 2.06 bits per heavy atom. The monoisotopic (exact) mass is 216 g/mol. The van der Waals surface area contributed by atoms with Crippen LogP contribution in [0.4, 0.5) is 0 Å². The molecule has 0 N–H and O–H groups in total. The number of fused-ring (bicyclic) bond motifs is 1. The van der Waals surface area contributed by atoms with Crippen LogP contribution < -0.4 is 0 Å². The minimum absolute atomic E-state index is 0.132. The fourth-order valence-corrected chi connectivity index (χ4v) is 3.54. The van der Waals surface area contributed by atoms with Gasteiger partial charge in [0, 0.05) is 24.2 Å². The van der Waals surface area contributed by atoms with Crippen LogP contribution in [0.25, 0.3) is 0 Å². The van der Waals surface area contributed by atoms with E-state index < -0.39 is 0 Å². The Kier molecular flexibility index (Phi) is 2.13. The summed E-state index contributed by atoms with van der Waals surface area (Å²) in [7, 11) is 0. The van der Waals surface area contributed by atoms with Crippen molar-refractivity contribution in [3.63, 3.8) is 0 Å². The Labute approximate surface area is 95.4 Å². The van der Waals surface area contributed by atoms with E-state index in [-0.39, 0.29) is 17.1 Å². The summed E-state index contributed by atoms with van der Waals surface area (Å²) in [5, 5.41) is 0. The predicted octanol–water partition coefficient (Wildman–Crippen LogP) is 2.45. The fourth-order valence-electron chi connectivity index (χ4n) is 3.54. The molecule has 1 fully saturated rings. The first-order chi connectivity index (χ1) is 7.72. The second kappa shape index (κ2) is 3.41. The van der Waals surface area contributed by atoms with Crippen LogP contribution in [-0.4, -0.2) is 11.6 Å². The van der Waals surface area contributed by atoms with Gasteiger partial charge in [0.1, 0.15) is 11.6 Å². The number of ketones is 2. The quantitative estimate of drug-likeness (QED) is 0.583. The summed E-state index contributed by atoms with van der Waals surface area (Å²) in [6, 6.07) is 0. The summed E-state index contributed by atoms with van der Waals surface area (Å²) < 4.78 is 0. The van der Waals surface area contributed by atoms with Crippen molar-refractivity contribution in [1.29, 1.82) is 0 Å². The molecule has 2 heteroatoms. The van der Waals surface area contributed by atoms with Gasteiger partial charge in [-0.25, -0.2) is 0 Å². The van der Waals surface area contributed by atoms with Crippen LogP contribution in [-0.2, 0) is 9.59 Å². The Balaban J connectivity index is 2.04. The predicted molar refractivity (Wildman–Crippen MR) is 60.8 cm³/mol. The molecule has 2 bridgehead atoms. The summed E-state index contributed by atoms with van der Waals surface area (Å²) in [6.45, 7) is 0. The summed E-state index contributed by atoms with van der Waals surface area (Å²) in [4.78, 5) is 24.3. The SMILES string of the molecule is O=C1C[C@@H]2C=C[C@H]1[C@]1(CC=CCCC1=O)C2. The van der Waals surface area contributed by atoms with E-state index in [9.17, 15) is 9.59 Å². The van der Waals surface area contributed by atoms with Crippen molar-refractivity contribution < 1.29 is 9.59 Å². The van der Waals surface area contributed by atoms with Gasteiger partial charge in [0.05, 0.1) is 0 Å². The zero-order valence-electron chi connectivity index (χ0n) is 9.32. The van der Waals surface area contributed by atoms with Gasteiger partial charge < -0.3 is 0 Å². The van der Waals surface area contributed by atoms with Crippen LogP contribution in [0.5, 0.6) is 0 Å². The van der Waals surface area contributed by atoms with Gasteiger partial charge in [-0.3, -0.25) is 9.59 Å². The van der Waals surface area contributed by atoms with Crippen molar-refractivity contribution in [2.45, 2.75) is 32.1 Å². The van der Waals surface area contributed by atoms with Crippen molar-refractivity contribution in [2.75, 3.05) is 0 Å². The van der Waals surface area contributed by atoms with Gasteiger partial charge >= 0.3 is 0 Å². The molecule has 0 saturated heterocycles. The first-order valence-corrected chi connectivity index (χ1v) is 6.12. The minimum Gasteiger partial charge on any atom is -0.299 e. The molecule has 16 heavy (non-hydrogen) atoms. The number of carbonyl (C=O) groups excluding carboxylic acids is 2. The van der Waals surface area contributed by atoms with E-state index in [1.807, 2.05) is 6.08 Å². The van der Waals surface area contributed by atoms with Gasteiger partial charge in [0.2, 0.25) is 0 Å². The zero-order valence-corrected chi connectivity index (χ0v) is 9.32. The molecular weight excluding hydrogens is 200 g/mol. The molecule has 84 valence electrons. The lowest BCUT2D eigenvalue weighted by atomic mass is 9.55. The normalized spacial score (nSPS) is 41.8. The van der Waals surface area contributed by atoms with Crippen LogP contribution in [0.3, 0.4) is 0 Å². The topological polar surface area (TPSA) is 34.1 Å². The smallest absolute Gasteiger partial charge is 0.141 e. The van der Waals surface area contributed by atoms with Crippen LogP contribution in [0.15, 0.2) is 24.3 Å². The Bertz CT molecular complexity index is 405. The molecular formula is C14H16O2. The molecule has 0 radical (unpaired) electrons. The number of hydrogen-bond acceptors (Lipinski definition) is 2. The van der Waals surface area contributed by atoms with E-state index in [0.29, 0.717) is 24.5 Å². The Morgan fingerprint density at radius 3 is 2.81 bits per heavy atom. The van der Waals surface area contributed by atoms with Crippen LogP contribution in [0.1, 0.15) is 32.1 Å². The van der Waals surface area contributed by atoms with Crippen molar-refractivity contribution >= 4 is 11.6 Å². The average Bonchev–Trinajstić information content (AvgIpc) is 2.43. The van der Waals surface area contributed by atoms with E-state index in [0.717, 1.165) is 19.3 Å². The number of rotatable bonds is 0. The van der Waals surface area contributed by atoms with Gasteiger partial charge in [-0.1, -0.05) is 24.3 Å². The molecule has 0 unspecified atom stereocenters. The summed E-state index contributed by atoms with van der Waals surface area (Å²) >= 11 is 0. The molecule has 4 rings (SSSR count). The Hall–Kier alpha value is -1.18. The molecule has 0 aromatic rings. The highest BCUT2D eigenvalue weighted by atomic mass is 16.1. The zero-order chi connectivity index (χ0) is 11.2. The van der Waals surface area contributed by atoms with Gasteiger partial charge in [-0.05, 0) is 25.2 Å². The minimum atomic E-state index is -0.373. The standard InChI is InChI=1S/C14H16O2/c15-12-8-10-5-6-11(12)14(9-10)7-3-1-2-4-13(14)16/h1,3,5-6,10-11H,2,4,7-9H2/t10-,11+,14-/m0/s1. The third-order valence-corrected chi connectivity index (χ3v) is 4.35. The molecule has 0 amide bonds. The largest absolute Gasteiger partial charge is 0.299 e. The highest BCUT2D eigenvalue weighted by Crippen LogP contribution is 2.51. The van der Waals surface area contributed by atoms with Crippen LogP contribution >= 0.6 is 0 Å². The lowest BCUT2D eigenvalue weighted by Gasteiger charge is -2.45. The molecule has 4 aliphatic carbocycles. The van der Waals surface area contributed by atoms with E-state index in [1.54, 1.807) is 0 Å². The van der Waals surface area contributed by atoms with E-state index >= 15 is 0 Å². The second-order valence-corrected chi connectivity index (χ2v) is 5.29. The molecule has 0 aromatic carbocycles. The fraction of sp³-hybridized carbons (Fsp3) is 0.571. The summed E-state index contributed by atoms with van der Waals surface area (Å²) in [6.07, 6.45) is 12.1. The molecule has 2 nitrogen and oxygen atoms in total. The maximum atomic E-state index is 12.3. The summed E-state index contributed by atoms with van der Waals surface area (Å²) in [5.41, 5.74) is -0.373. The number of hydrogen-bond donors (Lipinski definition) is 0. The molecule has 0 heterocycles. The van der Waals surface area contributed by atoms with Crippen molar-refractivity contribution in [3.8, 4) is 0 Å². The third kappa shape index (κ3) is 1.25. The van der Waals surface area contributed by atoms with E-state index in [1.165, 1.54) is 0 Å². The van der Waals surface area contributed by atoms with Gasteiger partial charge in [-0.2, -0.15) is 0 Å². The molecule has 1 saturated carbocycles. The van der Waals surface area contributed by atoms with Gasteiger partial charge in [-0.15, -0.1) is 0 Å². The molecule has 0 aromatic heterocycles. The number of allylic oxidation sites excluding steroid dienone is 4. The average molecular weight is 216 g/mol. The summed E-state index contributed by atoms with van der Waals surface area (Å²) in [5.74, 6) is 0.771. The Morgan fingerprint density at radius 1 is 1.19 bits per heavy atom. The number of Topliss-reactive ketones (excluding diaryl/α,β-unsaturated/α-hetero) is 2. The third-order valence-electron chi connectivity index (χ3n) is 4.35. The maximum absolute atomic E-state index is 12.3. The maximum Gasteiger partial charge on any atom is 0.141 e. The van der Waals surface area contributed by atoms with E-state index in [2.05, 4.69) is 18.2 Å². The molecule has 1 spiro atoms. The van der Waals surface area contributed by atoms with Gasteiger partial charge in [0.15, 0.2) is 0 Å². The second-order valence-electron chi connectivity index (χ2n) is 5.29. The van der Waals surface area contributed by atoms with Crippen molar-refractivity contribution in [3.05, 3.63) is 24.3 Å². The van der Waals surface area contributed by atoms with Crippen LogP contribution in [0, 0.1) is 17.3 Å². The van der Waals surface area contributed by atoms with Crippen molar-refractivity contribution in [2.24, 2.45) is 17.3 Å². The highest BCUT2D eigenvalue weighted by molar-refractivity contribution is 5.96. The van der Waals surface area contributed by atoms with E-state index in [4.69, 9.17) is 0 Å². The molecule has 4 aliphatic rings. The lowest BCUT2D eigenvalue weighted by molar-refractivity contribution is -0.143. The lowest BCUT2D eigenvalue weighted by Crippen LogP contribution is -2.48. The van der Waals surface area contributed by atoms with Gasteiger partial charge in [0.25, 0.3) is 0 Å².